The van der Waals surface area contributed by atoms with Crippen molar-refractivity contribution in [2.45, 2.75) is 29.6 Å². The Hall–Kier alpha value is -3.36. The number of imidazole rings is 1. The van der Waals surface area contributed by atoms with Crippen molar-refractivity contribution in [2.24, 2.45) is 0 Å². The van der Waals surface area contributed by atoms with Gasteiger partial charge in [-0.15, -0.1) is 11.3 Å². The van der Waals surface area contributed by atoms with E-state index >= 15 is 4.39 Å². The number of carbonyl (C=O) groups is 2. The number of nitrogens with zero attached hydrogens (tertiary/aromatic N) is 5. The predicted molar refractivity (Wildman–Crippen MR) is 147 cm³/mol. The van der Waals surface area contributed by atoms with E-state index in [1.54, 1.807) is 41.2 Å². The Morgan fingerprint density at radius 2 is 2.00 bits per heavy atom. The maximum absolute atomic E-state index is 15.4. The van der Waals surface area contributed by atoms with Crippen LogP contribution in [0.3, 0.4) is 0 Å². The number of halogens is 2. The minimum atomic E-state index is -4.42. The van der Waals surface area contributed by atoms with Crippen LogP contribution in [0.4, 0.5) is 10.1 Å². The van der Waals surface area contributed by atoms with Gasteiger partial charge >= 0.3 is 6.47 Å². The number of aromatic nitrogens is 2. The molecule has 2 aliphatic rings. The minimum absolute atomic E-state index is 0.000568. The van der Waals surface area contributed by atoms with Gasteiger partial charge < -0.3 is 14.3 Å². The molecule has 0 radical (unpaired) electrons. The van der Waals surface area contributed by atoms with Crippen molar-refractivity contribution in [3.63, 3.8) is 0 Å². The quantitative estimate of drug-likeness (QED) is 0.211. The van der Waals surface area contributed by atoms with Crippen LogP contribution in [0.1, 0.15) is 18.7 Å². The number of rotatable bonds is 9. The average molecular weight is 604 g/mol. The molecule has 208 valence electrons. The van der Waals surface area contributed by atoms with Gasteiger partial charge in [-0.3, -0.25) is 14.5 Å². The number of sulfonamides is 1. The Bertz CT molecular complexity index is 1720. The first-order valence-electron chi connectivity index (χ1n) is 12.5. The zero-order valence-electron chi connectivity index (χ0n) is 20.9. The number of fused-ring (bicyclic) bond motifs is 1. The number of carbonyl (C=O) groups excluding carboxylic acids is 2. The Morgan fingerprint density at radius 1 is 1.18 bits per heavy atom. The minimum Gasteiger partial charge on any atom is -0.355 e. The van der Waals surface area contributed by atoms with Crippen molar-refractivity contribution in [3.8, 4) is 5.69 Å². The van der Waals surface area contributed by atoms with Crippen molar-refractivity contribution >= 4 is 61.1 Å². The van der Waals surface area contributed by atoms with E-state index in [0.29, 0.717) is 31.8 Å². The van der Waals surface area contributed by atoms with Gasteiger partial charge in [-0.1, -0.05) is 17.7 Å². The molecule has 0 unspecified atom stereocenters. The normalized spacial score (nSPS) is 18.0. The third-order valence-electron chi connectivity index (χ3n) is 7.06. The summed E-state index contributed by atoms with van der Waals surface area (Å²) < 4.78 is 45.1. The second-order valence-corrected chi connectivity index (χ2v) is 13.0. The lowest BCUT2D eigenvalue weighted by atomic mass is 10.2. The summed E-state index contributed by atoms with van der Waals surface area (Å²) in [5, 5.41) is 1.07. The fraction of sp³-hybridized carbons (Fsp3) is 0.269. The molecule has 4 aromatic rings. The molecule has 40 heavy (non-hydrogen) atoms. The number of amides is 1. The van der Waals surface area contributed by atoms with E-state index in [0.717, 1.165) is 36.7 Å². The molecule has 0 saturated carbocycles. The van der Waals surface area contributed by atoms with Gasteiger partial charge in [0.2, 0.25) is 5.91 Å². The third-order valence-corrected chi connectivity index (χ3v) is 10.5. The van der Waals surface area contributed by atoms with Gasteiger partial charge in [0.1, 0.15) is 21.9 Å². The smallest absolute Gasteiger partial charge is 0.314 e. The standard InChI is InChI=1S/C26H23ClFN5O5S2/c27-18-3-2-17-12-25(39-23(17)13-18)40(36,37)33(38-16-34)22-6-10-32(26(22)35)21-5-4-19(14-20(21)28)31-11-7-29-24(31)15-30-8-1-9-30/h2-5,7,11-14,16,22H,1,6,8-10,15H2/t22-/m0/s1. The van der Waals surface area contributed by atoms with E-state index in [1.165, 1.54) is 23.1 Å². The number of likely N-dealkylation sites (tertiary alicyclic amines) is 1. The van der Waals surface area contributed by atoms with Crippen LogP contribution >= 0.6 is 22.9 Å². The summed E-state index contributed by atoms with van der Waals surface area (Å²) in [6, 6.07) is 9.46. The lowest BCUT2D eigenvalue weighted by molar-refractivity contribution is -0.160. The highest BCUT2D eigenvalue weighted by atomic mass is 35.5. The summed E-state index contributed by atoms with van der Waals surface area (Å²) in [6.07, 6.45) is 4.54. The SMILES string of the molecule is O=CON([C@H]1CCN(c2ccc(-n3ccnc3CN3CCC3)cc2F)C1=O)S(=O)(=O)c1cc2ccc(Cl)cc2s1. The fourth-order valence-electron chi connectivity index (χ4n) is 4.93. The lowest BCUT2D eigenvalue weighted by Gasteiger charge is -2.30. The number of thiophene rings is 1. The molecule has 1 amide bonds. The van der Waals surface area contributed by atoms with Gasteiger partial charge in [-0.25, -0.2) is 17.8 Å². The predicted octanol–water partition coefficient (Wildman–Crippen LogP) is 3.97. The molecule has 2 fully saturated rings. The van der Waals surface area contributed by atoms with Crippen molar-refractivity contribution in [3.05, 3.63) is 71.5 Å². The summed E-state index contributed by atoms with van der Waals surface area (Å²) >= 11 is 6.96. The van der Waals surface area contributed by atoms with E-state index in [4.69, 9.17) is 16.4 Å². The molecular formula is C26H23ClFN5O5S2. The van der Waals surface area contributed by atoms with Gasteiger partial charge in [0.15, 0.2) is 0 Å². The first kappa shape index (κ1) is 26.8. The largest absolute Gasteiger partial charge is 0.355 e. The molecule has 2 aliphatic heterocycles. The Balaban J connectivity index is 1.25. The zero-order valence-corrected chi connectivity index (χ0v) is 23.3. The lowest BCUT2D eigenvalue weighted by Crippen LogP contribution is -2.45. The van der Waals surface area contributed by atoms with Crippen LogP contribution in [0.25, 0.3) is 15.8 Å². The molecule has 0 spiro atoms. The molecule has 1 atom stereocenters. The van der Waals surface area contributed by atoms with Crippen LogP contribution in [0, 0.1) is 5.82 Å². The topological polar surface area (TPSA) is 105 Å². The van der Waals surface area contributed by atoms with Crippen LogP contribution in [0.2, 0.25) is 5.02 Å². The highest BCUT2D eigenvalue weighted by molar-refractivity contribution is 7.91. The van der Waals surface area contributed by atoms with Crippen LogP contribution in [-0.4, -0.2) is 65.4 Å². The molecule has 6 rings (SSSR count). The number of hydroxylamine groups is 1. The highest BCUT2D eigenvalue weighted by Crippen LogP contribution is 2.36. The van der Waals surface area contributed by atoms with E-state index in [-0.39, 0.29) is 29.3 Å². The molecule has 0 bridgehead atoms. The molecule has 10 nitrogen and oxygen atoms in total. The summed E-state index contributed by atoms with van der Waals surface area (Å²) in [5.74, 6) is -0.580. The second-order valence-electron chi connectivity index (χ2n) is 9.48. The molecule has 2 aromatic heterocycles. The maximum Gasteiger partial charge on any atom is 0.314 e. The highest BCUT2D eigenvalue weighted by Gasteiger charge is 2.45. The first-order valence-corrected chi connectivity index (χ1v) is 15.1. The Morgan fingerprint density at radius 3 is 2.73 bits per heavy atom. The first-order chi connectivity index (χ1) is 19.3. The maximum atomic E-state index is 15.4. The summed E-state index contributed by atoms with van der Waals surface area (Å²) in [6.45, 7) is 2.63. The van der Waals surface area contributed by atoms with Crippen LogP contribution in [-0.2, 0) is 31.0 Å². The number of anilines is 1. The van der Waals surface area contributed by atoms with Crippen LogP contribution in [0.15, 0.2) is 59.1 Å². The van der Waals surface area contributed by atoms with Gasteiger partial charge in [0.05, 0.1) is 12.2 Å². The van der Waals surface area contributed by atoms with Gasteiger partial charge in [-0.2, -0.15) is 0 Å². The third kappa shape index (κ3) is 4.77. The van der Waals surface area contributed by atoms with Gasteiger partial charge in [0, 0.05) is 40.4 Å². The second kappa shape index (κ2) is 10.6. The van der Waals surface area contributed by atoms with E-state index in [2.05, 4.69) is 9.88 Å². The number of hydrogen-bond acceptors (Lipinski definition) is 8. The number of benzene rings is 2. The van der Waals surface area contributed by atoms with Crippen molar-refractivity contribution in [2.75, 3.05) is 24.5 Å². The summed E-state index contributed by atoms with van der Waals surface area (Å²) in [5.41, 5.74) is 0.552. The molecular weight excluding hydrogens is 581 g/mol. The van der Waals surface area contributed by atoms with Crippen molar-refractivity contribution < 1.29 is 27.2 Å². The monoisotopic (exact) mass is 603 g/mol. The molecule has 0 N–H and O–H groups in total. The molecule has 2 saturated heterocycles. The van der Waals surface area contributed by atoms with E-state index in [1.807, 2.05) is 0 Å². The van der Waals surface area contributed by atoms with Crippen LogP contribution in [0.5, 0.6) is 0 Å². The van der Waals surface area contributed by atoms with Crippen molar-refractivity contribution in [1.82, 2.24) is 18.9 Å². The van der Waals surface area contributed by atoms with Gasteiger partial charge in [0.25, 0.3) is 10.0 Å². The van der Waals surface area contributed by atoms with Crippen LogP contribution < -0.4 is 4.90 Å². The molecule has 14 heteroatoms. The zero-order chi connectivity index (χ0) is 28.0. The summed E-state index contributed by atoms with van der Waals surface area (Å²) in [7, 11) is -4.42. The van der Waals surface area contributed by atoms with Gasteiger partial charge in [-0.05, 0) is 66.1 Å². The number of hydrogen-bond donors (Lipinski definition) is 0. The Kier molecular flexibility index (Phi) is 7.09. The molecule has 4 heterocycles. The average Bonchev–Trinajstić information content (AvgIpc) is 3.63. The fourth-order valence-corrected chi connectivity index (χ4v) is 8.04. The molecule has 2 aromatic carbocycles. The molecule has 0 aliphatic carbocycles. The van der Waals surface area contributed by atoms with E-state index < -0.39 is 27.8 Å². The summed E-state index contributed by atoms with van der Waals surface area (Å²) in [4.78, 5) is 37.4. The van der Waals surface area contributed by atoms with Crippen molar-refractivity contribution in [1.29, 1.82) is 0 Å². The van der Waals surface area contributed by atoms with E-state index in [9.17, 15) is 18.0 Å². The Labute approximate surface area is 238 Å².